The number of aryl methyl sites for hydroxylation is 1. The maximum Gasteiger partial charge on any atom is 0.320 e. The second kappa shape index (κ2) is 8.99. The van der Waals surface area contributed by atoms with Gasteiger partial charge in [0.25, 0.3) is 0 Å². The predicted molar refractivity (Wildman–Crippen MR) is 121 cm³/mol. The summed E-state index contributed by atoms with van der Waals surface area (Å²) in [7, 11) is 1.75. The zero-order valence-corrected chi connectivity index (χ0v) is 19.1. The lowest BCUT2D eigenvalue weighted by atomic mass is 9.87. The summed E-state index contributed by atoms with van der Waals surface area (Å²) in [5.41, 5.74) is 2.96. The number of ether oxygens (including phenoxy) is 2. The number of likely N-dealkylation sites (tertiary alicyclic amines) is 1. The highest BCUT2D eigenvalue weighted by molar-refractivity contribution is 5.75. The van der Waals surface area contributed by atoms with E-state index < -0.39 is 0 Å². The molecule has 3 fully saturated rings. The van der Waals surface area contributed by atoms with E-state index in [1.807, 2.05) is 4.90 Å². The molecule has 4 aliphatic rings. The molecule has 0 spiro atoms. The molecule has 0 N–H and O–H groups in total. The van der Waals surface area contributed by atoms with Crippen LogP contribution in [0.1, 0.15) is 30.9 Å². The van der Waals surface area contributed by atoms with Crippen molar-refractivity contribution < 1.29 is 14.3 Å². The van der Waals surface area contributed by atoms with E-state index in [9.17, 15) is 4.79 Å². The van der Waals surface area contributed by atoms with Gasteiger partial charge in [-0.1, -0.05) is 13.0 Å². The van der Waals surface area contributed by atoms with Crippen LogP contribution in [0.15, 0.2) is 18.2 Å². The number of piperidine rings is 1. The van der Waals surface area contributed by atoms with Crippen molar-refractivity contribution in [3.05, 3.63) is 29.3 Å². The van der Waals surface area contributed by atoms with Crippen molar-refractivity contribution in [3.8, 4) is 5.75 Å². The zero-order chi connectivity index (χ0) is 21.4. The first-order valence-corrected chi connectivity index (χ1v) is 12.2. The van der Waals surface area contributed by atoms with Crippen molar-refractivity contribution in [2.75, 3.05) is 59.6 Å². The van der Waals surface area contributed by atoms with E-state index in [4.69, 9.17) is 9.47 Å². The van der Waals surface area contributed by atoms with Crippen molar-refractivity contribution in [2.24, 2.45) is 17.8 Å². The summed E-state index contributed by atoms with van der Waals surface area (Å²) >= 11 is 0. The minimum Gasteiger partial charge on any atom is -0.497 e. The third-order valence-electron chi connectivity index (χ3n) is 8.01. The van der Waals surface area contributed by atoms with Crippen LogP contribution in [-0.4, -0.2) is 86.4 Å². The molecule has 2 aliphatic heterocycles. The highest BCUT2D eigenvalue weighted by atomic mass is 16.5. The Hall–Kier alpha value is -1.79. The van der Waals surface area contributed by atoms with E-state index in [0.717, 1.165) is 44.3 Å². The third kappa shape index (κ3) is 4.29. The second-order valence-corrected chi connectivity index (χ2v) is 9.80. The van der Waals surface area contributed by atoms with Crippen molar-refractivity contribution in [1.82, 2.24) is 14.7 Å². The number of carbonyl (C=O) groups excluding carboxylic acids is 1. The minimum atomic E-state index is 0.234. The van der Waals surface area contributed by atoms with Gasteiger partial charge in [0.15, 0.2) is 0 Å². The van der Waals surface area contributed by atoms with Crippen LogP contribution >= 0.6 is 0 Å². The van der Waals surface area contributed by atoms with Crippen molar-refractivity contribution in [3.63, 3.8) is 0 Å². The van der Waals surface area contributed by atoms with Gasteiger partial charge in [-0.3, -0.25) is 4.90 Å². The number of fused-ring (bicyclic) bond motifs is 2. The van der Waals surface area contributed by atoms with Gasteiger partial charge in [-0.05, 0) is 73.2 Å². The first-order valence-electron chi connectivity index (χ1n) is 12.2. The van der Waals surface area contributed by atoms with E-state index in [0.29, 0.717) is 31.1 Å². The minimum absolute atomic E-state index is 0.234. The maximum absolute atomic E-state index is 12.8. The first-order chi connectivity index (χ1) is 15.2. The van der Waals surface area contributed by atoms with Crippen LogP contribution in [0.3, 0.4) is 0 Å². The largest absolute Gasteiger partial charge is 0.497 e. The molecule has 2 amide bonds. The van der Waals surface area contributed by atoms with Gasteiger partial charge in [0, 0.05) is 38.8 Å². The number of nitrogens with zero attached hydrogens (tertiary/aromatic N) is 3. The molecule has 6 nitrogen and oxygen atoms in total. The first kappa shape index (κ1) is 21.1. The predicted octanol–water partition coefficient (Wildman–Crippen LogP) is 2.89. The molecular weight excluding hydrogens is 390 g/mol. The Bertz CT molecular complexity index is 782. The number of methoxy groups -OCH3 is 1. The number of morpholine rings is 1. The Morgan fingerprint density at radius 2 is 1.94 bits per heavy atom. The van der Waals surface area contributed by atoms with Gasteiger partial charge in [-0.15, -0.1) is 0 Å². The van der Waals surface area contributed by atoms with Gasteiger partial charge in [0.2, 0.25) is 0 Å². The number of hydrogen-bond donors (Lipinski definition) is 0. The quantitative estimate of drug-likeness (QED) is 0.700. The highest BCUT2D eigenvalue weighted by Gasteiger charge is 2.57. The van der Waals surface area contributed by atoms with Crippen molar-refractivity contribution in [2.45, 2.75) is 38.6 Å². The molecule has 0 radical (unpaired) electrons. The fourth-order valence-corrected chi connectivity index (χ4v) is 6.16. The number of hydrogen-bond acceptors (Lipinski definition) is 4. The molecule has 170 valence electrons. The summed E-state index contributed by atoms with van der Waals surface area (Å²) in [4.78, 5) is 19.6. The molecule has 2 aliphatic carbocycles. The summed E-state index contributed by atoms with van der Waals surface area (Å²) < 4.78 is 10.9. The molecule has 5 rings (SSSR count). The van der Waals surface area contributed by atoms with Gasteiger partial charge >= 0.3 is 6.03 Å². The number of rotatable bonds is 6. The second-order valence-electron chi connectivity index (χ2n) is 9.80. The van der Waals surface area contributed by atoms with Gasteiger partial charge in [0.1, 0.15) is 5.75 Å². The number of carbonyl (C=O) groups is 1. The summed E-state index contributed by atoms with van der Waals surface area (Å²) in [6.07, 6.45) is 4.76. The Labute approximate surface area is 186 Å². The SMILES string of the molecule is CCCN(C[C@H]1C2CN(C(=O)N3CCOCC3)C[C@@H]21)C1CCc2ccc(OC)cc2C1. The van der Waals surface area contributed by atoms with E-state index in [1.54, 1.807) is 7.11 Å². The summed E-state index contributed by atoms with van der Waals surface area (Å²) in [5, 5.41) is 0. The molecule has 31 heavy (non-hydrogen) atoms. The van der Waals surface area contributed by atoms with Crippen LogP contribution in [-0.2, 0) is 17.6 Å². The highest BCUT2D eigenvalue weighted by Crippen LogP contribution is 2.52. The molecule has 2 unspecified atom stereocenters. The molecule has 4 atom stereocenters. The lowest BCUT2D eigenvalue weighted by Crippen LogP contribution is -2.48. The smallest absolute Gasteiger partial charge is 0.320 e. The van der Waals surface area contributed by atoms with E-state index in [1.165, 1.54) is 43.5 Å². The Kier molecular flexibility index (Phi) is 6.11. The molecule has 0 bridgehead atoms. The average molecular weight is 428 g/mol. The molecule has 6 heteroatoms. The normalized spacial score (nSPS) is 29.6. The van der Waals surface area contributed by atoms with Crippen LogP contribution < -0.4 is 4.74 Å². The van der Waals surface area contributed by atoms with Crippen molar-refractivity contribution >= 4 is 6.03 Å². The Morgan fingerprint density at radius 3 is 2.65 bits per heavy atom. The fourth-order valence-electron chi connectivity index (χ4n) is 6.16. The molecule has 2 saturated heterocycles. The van der Waals surface area contributed by atoms with Crippen LogP contribution in [0.2, 0.25) is 0 Å². The fraction of sp³-hybridized carbons (Fsp3) is 0.720. The monoisotopic (exact) mass is 427 g/mol. The molecule has 0 aromatic heterocycles. The number of benzene rings is 1. The number of amides is 2. The Morgan fingerprint density at radius 1 is 1.16 bits per heavy atom. The van der Waals surface area contributed by atoms with Gasteiger partial charge in [-0.25, -0.2) is 4.79 Å². The van der Waals surface area contributed by atoms with Gasteiger partial charge in [-0.2, -0.15) is 0 Å². The van der Waals surface area contributed by atoms with Crippen molar-refractivity contribution in [1.29, 1.82) is 0 Å². The maximum atomic E-state index is 12.8. The van der Waals surface area contributed by atoms with E-state index in [-0.39, 0.29) is 6.03 Å². The average Bonchev–Trinajstić information content (AvgIpc) is 3.25. The van der Waals surface area contributed by atoms with Crippen LogP contribution in [0, 0.1) is 17.8 Å². The van der Waals surface area contributed by atoms with Gasteiger partial charge < -0.3 is 19.3 Å². The molecule has 1 saturated carbocycles. The molecule has 1 aromatic carbocycles. The van der Waals surface area contributed by atoms with Crippen LogP contribution in [0.25, 0.3) is 0 Å². The van der Waals surface area contributed by atoms with Crippen LogP contribution in [0.4, 0.5) is 4.79 Å². The Balaban J connectivity index is 1.17. The third-order valence-corrected chi connectivity index (χ3v) is 8.01. The molecule has 2 heterocycles. The standard InChI is InChI=1S/C25H37N3O3/c1-3-8-27(20-6-4-18-5-7-21(30-2)14-19(18)13-20)15-22-23-16-28(17-24(22)23)25(29)26-9-11-31-12-10-26/h5,7,14,20,22-24H,3-4,6,8-13,15-17H2,1-2H3/t20?,22-,23-,24?/m1/s1. The topological polar surface area (TPSA) is 45.2 Å². The summed E-state index contributed by atoms with van der Waals surface area (Å²) in [6.45, 7) is 9.42. The van der Waals surface area contributed by atoms with Crippen LogP contribution in [0.5, 0.6) is 5.75 Å². The number of urea groups is 1. The zero-order valence-electron chi connectivity index (χ0n) is 19.1. The molecule has 1 aromatic rings. The molecular formula is C25H37N3O3. The lowest BCUT2D eigenvalue weighted by Gasteiger charge is -2.36. The van der Waals surface area contributed by atoms with Gasteiger partial charge in [0.05, 0.1) is 20.3 Å². The lowest BCUT2D eigenvalue weighted by molar-refractivity contribution is 0.0436. The van der Waals surface area contributed by atoms with E-state index >= 15 is 0 Å². The van der Waals surface area contributed by atoms with E-state index in [2.05, 4.69) is 34.9 Å². The summed E-state index contributed by atoms with van der Waals surface area (Å²) in [6, 6.07) is 7.45. The summed E-state index contributed by atoms with van der Waals surface area (Å²) in [5.74, 6) is 3.16.